The van der Waals surface area contributed by atoms with E-state index in [1.54, 1.807) is 0 Å². The molecule has 0 amide bonds. The normalized spacial score (nSPS) is 11.4. The van der Waals surface area contributed by atoms with E-state index in [9.17, 15) is 0 Å². The molecule has 0 spiro atoms. The minimum Gasteiger partial charge on any atom is -0.310 e. The topological polar surface area (TPSA) is 6.48 Å². The van der Waals surface area contributed by atoms with Crippen molar-refractivity contribution in [3.05, 3.63) is 290 Å². The molecule has 0 saturated heterocycles. The summed E-state index contributed by atoms with van der Waals surface area (Å²) < 4.78 is 0. The first kappa shape index (κ1) is 44.4. The van der Waals surface area contributed by atoms with Crippen LogP contribution in [0.3, 0.4) is 0 Å². The Morgan fingerprint density at radius 1 is 0.216 bits per heavy atom. The summed E-state index contributed by atoms with van der Waals surface area (Å²) in [5.74, 6) is 0. The Hall–Kier alpha value is -9.50. The van der Waals surface area contributed by atoms with E-state index in [4.69, 9.17) is 0 Å². The minimum atomic E-state index is 1.08. The Morgan fingerprint density at radius 3 is 0.973 bits per heavy atom. The van der Waals surface area contributed by atoms with Crippen molar-refractivity contribution in [3.8, 4) is 44.5 Å². The third kappa shape index (κ3) is 8.13. The molecule has 13 rings (SSSR count). The first-order valence-corrected chi connectivity index (χ1v) is 25.6. The number of anilines is 6. The van der Waals surface area contributed by atoms with Crippen molar-refractivity contribution in [3.63, 3.8) is 0 Å². The van der Waals surface area contributed by atoms with Gasteiger partial charge in [0, 0.05) is 34.1 Å². The maximum atomic E-state index is 2.45. The second kappa shape index (κ2) is 18.9. The van der Waals surface area contributed by atoms with Crippen LogP contribution in [0.15, 0.2) is 279 Å². The predicted molar refractivity (Wildman–Crippen MR) is 317 cm³/mol. The van der Waals surface area contributed by atoms with Crippen LogP contribution in [0.2, 0.25) is 0 Å². The molecular formula is C72H52N2. The van der Waals surface area contributed by atoms with Crippen molar-refractivity contribution in [1.82, 2.24) is 0 Å². The van der Waals surface area contributed by atoms with Gasteiger partial charge in [-0.15, -0.1) is 0 Å². The van der Waals surface area contributed by atoms with Crippen molar-refractivity contribution >= 4 is 77.2 Å². The third-order valence-electron chi connectivity index (χ3n) is 14.7. The highest BCUT2D eigenvalue weighted by Crippen LogP contribution is 2.50. The zero-order valence-electron chi connectivity index (χ0n) is 41.5. The summed E-state index contributed by atoms with van der Waals surface area (Å²) >= 11 is 0. The fourth-order valence-electron chi connectivity index (χ4n) is 11.2. The maximum absolute atomic E-state index is 2.45. The summed E-state index contributed by atoms with van der Waals surface area (Å²) in [6.07, 6.45) is 0. The first-order chi connectivity index (χ1) is 36.5. The van der Waals surface area contributed by atoms with Gasteiger partial charge in [-0.05, 0) is 185 Å². The summed E-state index contributed by atoms with van der Waals surface area (Å²) in [6, 6.07) is 103. The van der Waals surface area contributed by atoms with E-state index in [1.807, 2.05) is 0 Å². The highest BCUT2D eigenvalue weighted by atomic mass is 15.1. The molecule has 0 saturated carbocycles. The lowest BCUT2D eigenvalue weighted by Crippen LogP contribution is -2.11. The summed E-state index contributed by atoms with van der Waals surface area (Å²) in [5.41, 5.74) is 18.6. The number of hydrogen-bond acceptors (Lipinski definition) is 2. The van der Waals surface area contributed by atoms with Crippen molar-refractivity contribution < 1.29 is 0 Å². The van der Waals surface area contributed by atoms with Crippen molar-refractivity contribution in [1.29, 1.82) is 0 Å². The van der Waals surface area contributed by atoms with Crippen LogP contribution in [-0.4, -0.2) is 0 Å². The smallest absolute Gasteiger partial charge is 0.0468 e. The van der Waals surface area contributed by atoms with E-state index in [1.165, 1.54) is 98.7 Å². The van der Waals surface area contributed by atoms with Gasteiger partial charge in [-0.1, -0.05) is 206 Å². The van der Waals surface area contributed by atoms with Crippen molar-refractivity contribution in [2.75, 3.05) is 9.80 Å². The van der Waals surface area contributed by atoms with Crippen LogP contribution in [-0.2, 0) is 0 Å². The van der Waals surface area contributed by atoms with Crippen LogP contribution in [0.25, 0.3) is 87.6 Å². The minimum absolute atomic E-state index is 1.08. The molecule has 13 aromatic carbocycles. The van der Waals surface area contributed by atoms with Gasteiger partial charge in [0.15, 0.2) is 0 Å². The second-order valence-electron chi connectivity index (χ2n) is 19.4. The lowest BCUT2D eigenvalue weighted by atomic mass is 9.83. The lowest BCUT2D eigenvalue weighted by molar-refractivity contribution is 1.27. The molecule has 0 aliphatic rings. The quantitative estimate of drug-likeness (QED) is 0.126. The predicted octanol–water partition coefficient (Wildman–Crippen LogP) is 20.5. The Kier molecular flexibility index (Phi) is 11.4. The number of nitrogens with zero attached hydrogens (tertiary/aromatic N) is 2. The molecular weight excluding hydrogens is 893 g/mol. The molecule has 0 aliphatic carbocycles. The molecule has 0 atom stereocenters. The van der Waals surface area contributed by atoms with Gasteiger partial charge < -0.3 is 9.80 Å². The molecule has 350 valence electrons. The summed E-state index contributed by atoms with van der Waals surface area (Å²) in [7, 11) is 0. The van der Waals surface area contributed by atoms with Gasteiger partial charge in [-0.3, -0.25) is 0 Å². The number of aryl methyl sites for hydroxylation is 2. The maximum Gasteiger partial charge on any atom is 0.0468 e. The van der Waals surface area contributed by atoms with Crippen molar-refractivity contribution in [2.45, 2.75) is 13.8 Å². The molecule has 0 bridgehead atoms. The molecule has 0 N–H and O–H groups in total. The third-order valence-corrected chi connectivity index (χ3v) is 14.7. The Bertz CT molecular complexity index is 3910. The van der Waals surface area contributed by atoms with E-state index < -0.39 is 0 Å². The van der Waals surface area contributed by atoms with Crippen LogP contribution < -0.4 is 9.80 Å². The Balaban J connectivity index is 1.11. The molecule has 2 nitrogen and oxygen atoms in total. The van der Waals surface area contributed by atoms with E-state index in [-0.39, 0.29) is 0 Å². The van der Waals surface area contributed by atoms with Crippen LogP contribution in [0, 0.1) is 13.8 Å². The van der Waals surface area contributed by atoms with Gasteiger partial charge in [0.05, 0.1) is 0 Å². The van der Waals surface area contributed by atoms with Crippen molar-refractivity contribution in [2.24, 2.45) is 0 Å². The average molecular weight is 945 g/mol. The number of hydrogen-bond donors (Lipinski definition) is 0. The van der Waals surface area contributed by atoms with Crippen LogP contribution in [0.4, 0.5) is 34.1 Å². The Labute approximate surface area is 433 Å². The van der Waals surface area contributed by atoms with Crippen LogP contribution in [0.5, 0.6) is 0 Å². The fraction of sp³-hybridized carbons (Fsp3) is 0.0278. The van der Waals surface area contributed by atoms with E-state index >= 15 is 0 Å². The molecule has 0 aliphatic heterocycles. The lowest BCUT2D eigenvalue weighted by Gasteiger charge is -2.29. The molecule has 13 aromatic rings. The standard InChI is InChI=1S/C72H52N2/c1-49-17-13-27-59(45-49)73(57-37-33-53(34-38-57)51-19-5-3-6-20-51)61-41-43-67-69(47-61)71(65-31-15-25-55-23-9-11-29-63(55)65)68-44-42-62(48-70(68)72(67)66-32-16-26-56-24-10-12-30-64(56)66)74(60-28-14-18-50(2)46-60)58-39-35-54(36-40-58)52-21-7-4-8-22-52/h3-48H,1-2H3. The number of rotatable bonds is 10. The van der Waals surface area contributed by atoms with Gasteiger partial charge in [0.1, 0.15) is 0 Å². The fourth-order valence-corrected chi connectivity index (χ4v) is 11.2. The zero-order valence-corrected chi connectivity index (χ0v) is 41.5. The van der Waals surface area contributed by atoms with Gasteiger partial charge in [-0.25, -0.2) is 0 Å². The highest BCUT2D eigenvalue weighted by Gasteiger charge is 2.24. The van der Waals surface area contributed by atoms with Crippen LogP contribution >= 0.6 is 0 Å². The van der Waals surface area contributed by atoms with Gasteiger partial charge >= 0.3 is 0 Å². The molecule has 0 radical (unpaired) electrons. The average Bonchev–Trinajstić information content (AvgIpc) is 3.45. The van der Waals surface area contributed by atoms with E-state index in [2.05, 4.69) is 303 Å². The first-order valence-electron chi connectivity index (χ1n) is 25.6. The summed E-state index contributed by atoms with van der Waals surface area (Å²) in [6.45, 7) is 4.35. The Morgan fingerprint density at radius 2 is 0.554 bits per heavy atom. The number of fused-ring (bicyclic) bond motifs is 4. The second-order valence-corrected chi connectivity index (χ2v) is 19.4. The summed E-state index contributed by atoms with van der Waals surface area (Å²) in [5, 5.41) is 9.61. The molecule has 0 heterocycles. The monoisotopic (exact) mass is 944 g/mol. The molecule has 0 fully saturated rings. The van der Waals surface area contributed by atoms with Gasteiger partial charge in [-0.2, -0.15) is 0 Å². The van der Waals surface area contributed by atoms with Crippen LogP contribution in [0.1, 0.15) is 11.1 Å². The molecule has 0 aromatic heterocycles. The van der Waals surface area contributed by atoms with Gasteiger partial charge in [0.25, 0.3) is 0 Å². The summed E-state index contributed by atoms with van der Waals surface area (Å²) in [4.78, 5) is 4.84. The molecule has 2 heteroatoms. The van der Waals surface area contributed by atoms with E-state index in [0.29, 0.717) is 0 Å². The zero-order chi connectivity index (χ0) is 49.5. The van der Waals surface area contributed by atoms with E-state index in [0.717, 1.165) is 34.1 Å². The SMILES string of the molecule is Cc1cccc(N(c2ccc(-c3ccccc3)cc2)c2ccc3c(-c4cccc5ccccc45)c4cc(N(c5ccc(-c6ccccc6)cc5)c5cccc(C)c5)ccc4c(-c4cccc5ccccc45)c3c2)c1. The largest absolute Gasteiger partial charge is 0.310 e. The highest BCUT2D eigenvalue weighted by molar-refractivity contribution is 6.26. The number of benzene rings is 13. The van der Waals surface area contributed by atoms with Gasteiger partial charge in [0.2, 0.25) is 0 Å². The molecule has 74 heavy (non-hydrogen) atoms. The molecule has 0 unspecified atom stereocenters.